The molecule has 0 saturated carbocycles. The van der Waals surface area contributed by atoms with E-state index < -0.39 is 0 Å². The number of guanidine groups is 1. The summed E-state index contributed by atoms with van der Waals surface area (Å²) in [5.41, 5.74) is 1.10. The number of aliphatic imine (C=N–C) groups is 1. The normalized spacial score (nSPS) is 16.0. The van der Waals surface area contributed by atoms with Crippen LogP contribution >= 0.6 is 24.0 Å². The van der Waals surface area contributed by atoms with Crippen LogP contribution in [0.15, 0.2) is 52.1 Å². The lowest BCUT2D eigenvalue weighted by molar-refractivity contribution is 0.215. The Morgan fingerprint density at radius 3 is 2.56 bits per heavy atom. The zero-order chi connectivity index (χ0) is 18.2. The number of nitrogens with zero attached hydrogens (tertiary/aromatic N) is 2. The smallest absolute Gasteiger partial charge is 0.191 e. The average Bonchev–Trinajstić information content (AvgIpc) is 3.36. The van der Waals surface area contributed by atoms with Gasteiger partial charge in [0.15, 0.2) is 5.96 Å². The molecule has 1 fully saturated rings. The van der Waals surface area contributed by atoms with Crippen LogP contribution in [-0.4, -0.2) is 44.1 Å². The zero-order valence-electron chi connectivity index (χ0n) is 15.7. The molecule has 1 saturated heterocycles. The summed E-state index contributed by atoms with van der Waals surface area (Å²) in [6.07, 6.45) is 5.02. The van der Waals surface area contributed by atoms with Crippen molar-refractivity contribution in [2.45, 2.75) is 25.3 Å². The molecule has 1 aromatic heterocycles. The van der Waals surface area contributed by atoms with Crippen LogP contribution in [0.25, 0.3) is 0 Å². The van der Waals surface area contributed by atoms with E-state index in [1.807, 2.05) is 24.3 Å². The van der Waals surface area contributed by atoms with Crippen molar-refractivity contribution in [3.63, 3.8) is 0 Å². The van der Waals surface area contributed by atoms with E-state index >= 15 is 0 Å². The Labute approximate surface area is 177 Å². The van der Waals surface area contributed by atoms with E-state index in [1.165, 1.54) is 25.0 Å². The summed E-state index contributed by atoms with van der Waals surface area (Å²) in [5.74, 6) is 1.55. The highest BCUT2D eigenvalue weighted by atomic mass is 127. The molecular weight excluding hydrogens is 458 g/mol. The number of hydrogen-bond donors (Lipinski definition) is 2. The Morgan fingerprint density at radius 1 is 1.19 bits per heavy atom. The predicted molar refractivity (Wildman–Crippen MR) is 117 cm³/mol. The Kier molecular flexibility index (Phi) is 9.06. The van der Waals surface area contributed by atoms with Crippen LogP contribution in [0.5, 0.6) is 0 Å². The van der Waals surface area contributed by atoms with Crippen molar-refractivity contribution < 1.29 is 8.81 Å². The molecule has 1 atom stereocenters. The van der Waals surface area contributed by atoms with Gasteiger partial charge in [-0.05, 0) is 62.2 Å². The van der Waals surface area contributed by atoms with E-state index in [1.54, 1.807) is 13.3 Å². The van der Waals surface area contributed by atoms with Crippen molar-refractivity contribution >= 4 is 29.9 Å². The number of halogens is 2. The highest BCUT2D eigenvalue weighted by Gasteiger charge is 2.25. The lowest BCUT2D eigenvalue weighted by Gasteiger charge is -2.26. The first-order valence-corrected chi connectivity index (χ1v) is 9.22. The molecular formula is C20H28FIN4O. The summed E-state index contributed by atoms with van der Waals surface area (Å²) >= 11 is 0. The third kappa shape index (κ3) is 6.49. The van der Waals surface area contributed by atoms with Crippen molar-refractivity contribution in [1.29, 1.82) is 0 Å². The highest BCUT2D eigenvalue weighted by Crippen LogP contribution is 2.24. The topological polar surface area (TPSA) is 52.8 Å². The van der Waals surface area contributed by atoms with Gasteiger partial charge in [0, 0.05) is 20.1 Å². The Balaban J connectivity index is 0.00000261. The lowest BCUT2D eigenvalue weighted by Crippen LogP contribution is -2.43. The minimum absolute atomic E-state index is 0. The van der Waals surface area contributed by atoms with Gasteiger partial charge < -0.3 is 15.1 Å². The number of rotatable bonds is 7. The van der Waals surface area contributed by atoms with E-state index in [-0.39, 0.29) is 35.8 Å². The second-order valence-electron chi connectivity index (χ2n) is 6.53. The Bertz CT molecular complexity index is 685. The Morgan fingerprint density at radius 2 is 1.93 bits per heavy atom. The molecule has 1 aliphatic heterocycles. The minimum atomic E-state index is -0.204. The van der Waals surface area contributed by atoms with E-state index in [0.717, 1.165) is 49.9 Å². The van der Waals surface area contributed by atoms with Gasteiger partial charge in [-0.1, -0.05) is 12.1 Å². The van der Waals surface area contributed by atoms with Crippen molar-refractivity contribution in [2.75, 3.05) is 33.2 Å². The number of furan rings is 1. The molecule has 2 heterocycles. The van der Waals surface area contributed by atoms with E-state index in [4.69, 9.17) is 4.42 Å². The molecule has 0 spiro atoms. The van der Waals surface area contributed by atoms with Crippen LogP contribution in [0.1, 0.15) is 30.2 Å². The van der Waals surface area contributed by atoms with Gasteiger partial charge in [-0.15, -0.1) is 24.0 Å². The minimum Gasteiger partial charge on any atom is -0.468 e. The molecule has 7 heteroatoms. The first-order valence-electron chi connectivity index (χ1n) is 9.22. The van der Waals surface area contributed by atoms with E-state index in [2.05, 4.69) is 20.5 Å². The molecule has 0 bridgehead atoms. The fourth-order valence-electron chi connectivity index (χ4n) is 3.33. The van der Waals surface area contributed by atoms with E-state index in [9.17, 15) is 4.39 Å². The summed E-state index contributed by atoms with van der Waals surface area (Å²) in [7, 11) is 1.77. The van der Waals surface area contributed by atoms with Gasteiger partial charge in [0.2, 0.25) is 0 Å². The molecule has 0 radical (unpaired) electrons. The molecule has 5 nitrogen and oxygen atoms in total. The number of benzene rings is 1. The number of hydrogen-bond acceptors (Lipinski definition) is 3. The van der Waals surface area contributed by atoms with Crippen molar-refractivity contribution in [3.8, 4) is 0 Å². The average molecular weight is 486 g/mol. The summed E-state index contributed by atoms with van der Waals surface area (Å²) < 4.78 is 18.6. The molecule has 27 heavy (non-hydrogen) atoms. The summed E-state index contributed by atoms with van der Waals surface area (Å²) in [4.78, 5) is 6.75. The molecule has 3 rings (SSSR count). The molecule has 1 unspecified atom stereocenters. The molecule has 148 valence electrons. The first kappa shape index (κ1) is 21.7. The van der Waals surface area contributed by atoms with Crippen molar-refractivity contribution in [3.05, 3.63) is 59.8 Å². The van der Waals surface area contributed by atoms with Gasteiger partial charge in [-0.3, -0.25) is 9.89 Å². The molecule has 1 aliphatic rings. The molecule has 2 aromatic rings. The Hall–Kier alpha value is -1.61. The number of likely N-dealkylation sites (tertiary alicyclic amines) is 1. The van der Waals surface area contributed by atoms with Crippen LogP contribution in [-0.2, 0) is 6.42 Å². The second-order valence-corrected chi connectivity index (χ2v) is 6.53. The maximum atomic E-state index is 13.0. The molecule has 0 amide bonds. The molecule has 0 aliphatic carbocycles. The predicted octanol–water partition coefficient (Wildman–Crippen LogP) is 3.58. The SMILES string of the molecule is CN=C(NCCc1ccc(F)cc1)NCC(c1ccco1)N1CCCC1.I. The highest BCUT2D eigenvalue weighted by molar-refractivity contribution is 14.0. The van der Waals surface area contributed by atoms with Crippen LogP contribution in [0.2, 0.25) is 0 Å². The third-order valence-corrected chi connectivity index (χ3v) is 4.76. The summed E-state index contributed by atoms with van der Waals surface area (Å²) in [6.45, 7) is 3.68. The van der Waals surface area contributed by atoms with Crippen molar-refractivity contribution in [2.24, 2.45) is 4.99 Å². The molecule has 1 aromatic carbocycles. The van der Waals surface area contributed by atoms with Crippen LogP contribution in [0.3, 0.4) is 0 Å². The maximum Gasteiger partial charge on any atom is 0.191 e. The second kappa shape index (κ2) is 11.3. The van der Waals surface area contributed by atoms with Gasteiger partial charge in [0.1, 0.15) is 11.6 Å². The van der Waals surface area contributed by atoms with Crippen molar-refractivity contribution in [1.82, 2.24) is 15.5 Å². The summed E-state index contributed by atoms with van der Waals surface area (Å²) in [5, 5.41) is 6.73. The van der Waals surface area contributed by atoms with Crippen LogP contribution in [0, 0.1) is 5.82 Å². The fourth-order valence-corrected chi connectivity index (χ4v) is 3.33. The van der Waals surface area contributed by atoms with Crippen LogP contribution in [0.4, 0.5) is 4.39 Å². The quantitative estimate of drug-likeness (QED) is 0.357. The largest absolute Gasteiger partial charge is 0.468 e. The zero-order valence-corrected chi connectivity index (χ0v) is 18.0. The van der Waals surface area contributed by atoms with Gasteiger partial charge in [-0.25, -0.2) is 4.39 Å². The van der Waals surface area contributed by atoms with Gasteiger partial charge in [0.25, 0.3) is 0 Å². The van der Waals surface area contributed by atoms with Crippen LogP contribution < -0.4 is 10.6 Å². The van der Waals surface area contributed by atoms with Gasteiger partial charge in [-0.2, -0.15) is 0 Å². The standard InChI is InChI=1S/C20H27FN4O.HI/c1-22-20(23-11-10-16-6-8-17(21)9-7-16)24-15-18(19-5-4-14-26-19)25-12-2-3-13-25;/h4-9,14,18H,2-3,10-13,15H2,1H3,(H2,22,23,24);1H. The fraction of sp³-hybridized carbons (Fsp3) is 0.450. The third-order valence-electron chi connectivity index (χ3n) is 4.76. The first-order chi connectivity index (χ1) is 12.8. The molecule has 2 N–H and O–H groups in total. The maximum absolute atomic E-state index is 13.0. The van der Waals surface area contributed by atoms with Gasteiger partial charge >= 0.3 is 0 Å². The monoisotopic (exact) mass is 486 g/mol. The number of nitrogens with one attached hydrogen (secondary N) is 2. The van der Waals surface area contributed by atoms with E-state index in [0.29, 0.717) is 0 Å². The van der Waals surface area contributed by atoms with Gasteiger partial charge in [0.05, 0.1) is 12.3 Å². The summed E-state index contributed by atoms with van der Waals surface area (Å²) in [6, 6.07) is 10.8. The lowest BCUT2D eigenvalue weighted by atomic mass is 10.1.